The van der Waals surface area contributed by atoms with Gasteiger partial charge < -0.3 is 16.4 Å². The van der Waals surface area contributed by atoms with E-state index in [-0.39, 0.29) is 24.2 Å². The van der Waals surface area contributed by atoms with Crippen molar-refractivity contribution in [2.75, 3.05) is 19.6 Å². The minimum absolute atomic E-state index is 0. The summed E-state index contributed by atoms with van der Waals surface area (Å²) in [5, 5.41) is 7.21. The van der Waals surface area contributed by atoms with Gasteiger partial charge in [0.15, 0.2) is 0 Å². The maximum absolute atomic E-state index is 11.4. The second-order valence-electron chi connectivity index (χ2n) is 3.12. The van der Waals surface area contributed by atoms with Crippen LogP contribution in [0.4, 0.5) is 0 Å². The zero-order valence-electron chi connectivity index (χ0n) is 9.27. The predicted octanol–water partition coefficient (Wildman–Crippen LogP) is 0.365. The fourth-order valence-electron chi connectivity index (χ4n) is 1.09. The number of halogens is 1. The van der Waals surface area contributed by atoms with Gasteiger partial charge in [0.05, 0.1) is 4.88 Å². The molecule has 1 aromatic heterocycles. The number of hydrogen-bond donors (Lipinski definition) is 3. The Bertz CT molecular complexity index is 343. The summed E-state index contributed by atoms with van der Waals surface area (Å²) in [5.41, 5.74) is 5.22. The van der Waals surface area contributed by atoms with Crippen LogP contribution in [0.1, 0.15) is 16.1 Å². The van der Waals surface area contributed by atoms with Gasteiger partial charge in [-0.05, 0) is 11.4 Å². The molecule has 0 saturated carbocycles. The first-order valence-electron chi connectivity index (χ1n) is 5.02. The molecule has 5 nitrogen and oxygen atoms in total. The van der Waals surface area contributed by atoms with Gasteiger partial charge in [0.2, 0.25) is 5.91 Å². The van der Waals surface area contributed by atoms with Crippen molar-refractivity contribution in [1.29, 1.82) is 0 Å². The normalized spacial score (nSPS) is 9.24. The van der Waals surface area contributed by atoms with Crippen LogP contribution in [-0.4, -0.2) is 31.4 Å². The van der Waals surface area contributed by atoms with Crippen molar-refractivity contribution in [3.8, 4) is 0 Å². The van der Waals surface area contributed by atoms with Crippen LogP contribution in [0.3, 0.4) is 0 Å². The van der Waals surface area contributed by atoms with Gasteiger partial charge in [-0.25, -0.2) is 0 Å². The minimum Gasteiger partial charge on any atom is -0.354 e. The number of carbonyl (C=O) groups excluding carboxylic acids is 2. The lowest BCUT2D eigenvalue weighted by Gasteiger charge is -2.05. The van der Waals surface area contributed by atoms with Crippen molar-refractivity contribution >= 4 is 35.6 Å². The molecule has 0 saturated heterocycles. The van der Waals surface area contributed by atoms with Crippen LogP contribution in [0, 0.1) is 0 Å². The number of hydrogen-bond acceptors (Lipinski definition) is 4. The molecule has 0 unspecified atom stereocenters. The van der Waals surface area contributed by atoms with E-state index in [0.29, 0.717) is 30.9 Å². The third kappa shape index (κ3) is 6.25. The lowest BCUT2D eigenvalue weighted by molar-refractivity contribution is -0.120. The van der Waals surface area contributed by atoms with E-state index in [9.17, 15) is 9.59 Å². The van der Waals surface area contributed by atoms with Crippen LogP contribution < -0.4 is 16.4 Å². The van der Waals surface area contributed by atoms with Crippen LogP contribution in [0.25, 0.3) is 0 Å². The molecule has 7 heteroatoms. The lowest BCUT2D eigenvalue weighted by Crippen LogP contribution is -2.35. The Morgan fingerprint density at radius 3 is 2.59 bits per heavy atom. The first-order valence-corrected chi connectivity index (χ1v) is 5.90. The highest BCUT2D eigenvalue weighted by atomic mass is 35.5. The van der Waals surface area contributed by atoms with Crippen molar-refractivity contribution in [2.24, 2.45) is 5.73 Å². The highest BCUT2D eigenvalue weighted by molar-refractivity contribution is 7.12. The summed E-state index contributed by atoms with van der Waals surface area (Å²) < 4.78 is 0. The largest absolute Gasteiger partial charge is 0.354 e. The van der Waals surface area contributed by atoms with E-state index in [2.05, 4.69) is 10.6 Å². The number of carbonyl (C=O) groups is 2. The molecule has 0 bridgehead atoms. The Balaban J connectivity index is 0.00000256. The monoisotopic (exact) mass is 277 g/mol. The number of thiophene rings is 1. The fraction of sp³-hybridized carbons (Fsp3) is 0.400. The minimum atomic E-state index is -0.108. The average molecular weight is 278 g/mol. The molecule has 96 valence electrons. The molecular weight excluding hydrogens is 262 g/mol. The van der Waals surface area contributed by atoms with Crippen LogP contribution in [0.5, 0.6) is 0 Å². The van der Waals surface area contributed by atoms with E-state index in [0.717, 1.165) is 0 Å². The van der Waals surface area contributed by atoms with Crippen molar-refractivity contribution in [2.45, 2.75) is 6.42 Å². The van der Waals surface area contributed by atoms with E-state index in [1.165, 1.54) is 11.3 Å². The Labute approximate surface area is 110 Å². The molecule has 17 heavy (non-hydrogen) atoms. The first-order chi connectivity index (χ1) is 7.74. The number of nitrogens with one attached hydrogen (secondary N) is 2. The quantitative estimate of drug-likeness (QED) is 0.657. The average Bonchev–Trinajstić information content (AvgIpc) is 2.78. The highest BCUT2D eigenvalue weighted by Gasteiger charge is 2.05. The predicted molar refractivity (Wildman–Crippen MR) is 70.6 cm³/mol. The standard InChI is InChI=1S/C10H15N3O2S.ClH/c11-4-3-9(14)12-5-6-13-10(15)8-2-1-7-16-8;/h1-2,7H,3-6,11H2,(H,12,14)(H,13,15);1H. The molecule has 0 aliphatic rings. The molecule has 0 fully saturated rings. The number of amides is 2. The summed E-state index contributed by atoms with van der Waals surface area (Å²) in [5.74, 6) is -0.198. The van der Waals surface area contributed by atoms with Gasteiger partial charge in [0, 0.05) is 26.1 Å². The first kappa shape index (κ1) is 15.9. The molecule has 4 N–H and O–H groups in total. The third-order valence-corrected chi connectivity index (χ3v) is 2.72. The molecular formula is C10H16ClN3O2S. The van der Waals surface area contributed by atoms with Gasteiger partial charge in [0.25, 0.3) is 5.91 Å². The maximum Gasteiger partial charge on any atom is 0.261 e. The van der Waals surface area contributed by atoms with Crippen LogP contribution in [0.2, 0.25) is 0 Å². The Morgan fingerprint density at radius 1 is 1.29 bits per heavy atom. The molecule has 0 aliphatic heterocycles. The topological polar surface area (TPSA) is 84.2 Å². The number of rotatable bonds is 6. The second-order valence-corrected chi connectivity index (χ2v) is 4.07. The fourth-order valence-corrected chi connectivity index (χ4v) is 1.73. The SMILES string of the molecule is Cl.NCCC(=O)NCCNC(=O)c1cccs1. The van der Waals surface area contributed by atoms with Crippen molar-refractivity contribution in [3.63, 3.8) is 0 Å². The molecule has 0 spiro atoms. The van der Waals surface area contributed by atoms with Gasteiger partial charge in [0.1, 0.15) is 0 Å². The molecule has 1 heterocycles. The lowest BCUT2D eigenvalue weighted by atomic mass is 10.4. The number of nitrogens with two attached hydrogens (primary N) is 1. The van der Waals surface area contributed by atoms with Gasteiger partial charge >= 0.3 is 0 Å². The van der Waals surface area contributed by atoms with E-state index in [1.54, 1.807) is 6.07 Å². The van der Waals surface area contributed by atoms with Crippen molar-refractivity contribution < 1.29 is 9.59 Å². The molecule has 0 aromatic carbocycles. The summed E-state index contributed by atoms with van der Waals surface area (Å²) >= 11 is 1.39. The molecule has 0 radical (unpaired) electrons. The van der Waals surface area contributed by atoms with Crippen LogP contribution >= 0.6 is 23.7 Å². The summed E-state index contributed by atoms with van der Waals surface area (Å²) in [6, 6.07) is 3.58. The molecule has 0 aliphatic carbocycles. The smallest absolute Gasteiger partial charge is 0.261 e. The summed E-state index contributed by atoms with van der Waals surface area (Å²) in [4.78, 5) is 23.1. The highest BCUT2D eigenvalue weighted by Crippen LogP contribution is 2.07. The van der Waals surface area contributed by atoms with E-state index < -0.39 is 0 Å². The Kier molecular flexibility index (Phi) is 8.39. The molecule has 1 rings (SSSR count). The Morgan fingerprint density at radius 2 is 2.00 bits per heavy atom. The zero-order chi connectivity index (χ0) is 11.8. The summed E-state index contributed by atoms with van der Waals surface area (Å²) in [7, 11) is 0. The zero-order valence-corrected chi connectivity index (χ0v) is 10.9. The van der Waals surface area contributed by atoms with Gasteiger partial charge in [-0.3, -0.25) is 9.59 Å². The van der Waals surface area contributed by atoms with Gasteiger partial charge in [-0.1, -0.05) is 6.07 Å². The van der Waals surface area contributed by atoms with E-state index >= 15 is 0 Å². The third-order valence-electron chi connectivity index (χ3n) is 1.85. The van der Waals surface area contributed by atoms with E-state index in [4.69, 9.17) is 5.73 Å². The molecule has 2 amide bonds. The van der Waals surface area contributed by atoms with Crippen molar-refractivity contribution in [3.05, 3.63) is 22.4 Å². The van der Waals surface area contributed by atoms with Crippen LogP contribution in [0.15, 0.2) is 17.5 Å². The van der Waals surface area contributed by atoms with Crippen LogP contribution in [-0.2, 0) is 4.79 Å². The maximum atomic E-state index is 11.4. The van der Waals surface area contributed by atoms with Crippen molar-refractivity contribution in [1.82, 2.24) is 10.6 Å². The molecule has 0 atom stereocenters. The second kappa shape index (κ2) is 8.98. The Hall–Kier alpha value is -1.11. The summed E-state index contributed by atoms with van der Waals surface area (Å²) in [6.45, 7) is 1.19. The van der Waals surface area contributed by atoms with Gasteiger partial charge in [-0.15, -0.1) is 23.7 Å². The summed E-state index contributed by atoms with van der Waals surface area (Å²) in [6.07, 6.45) is 0.318. The molecule has 1 aromatic rings. The van der Waals surface area contributed by atoms with E-state index in [1.807, 2.05) is 11.4 Å². The van der Waals surface area contributed by atoms with Gasteiger partial charge in [-0.2, -0.15) is 0 Å².